The molecule has 2 aliphatic rings. The van der Waals surface area contributed by atoms with Crippen molar-refractivity contribution < 1.29 is 19.1 Å². The van der Waals surface area contributed by atoms with E-state index in [2.05, 4.69) is 5.32 Å². The number of nitrogens with zero attached hydrogens (tertiary/aromatic N) is 1. The number of amides is 3. The summed E-state index contributed by atoms with van der Waals surface area (Å²) in [5.74, 6) is 0.995. The van der Waals surface area contributed by atoms with Crippen molar-refractivity contribution in [2.24, 2.45) is 0 Å². The third-order valence-electron chi connectivity index (χ3n) is 3.72. The lowest BCUT2D eigenvalue weighted by Crippen LogP contribution is -2.40. The summed E-state index contributed by atoms with van der Waals surface area (Å²) in [5.41, 5.74) is -0.374. The summed E-state index contributed by atoms with van der Waals surface area (Å²) in [5, 5.41) is 2.71. The van der Waals surface area contributed by atoms with Crippen LogP contribution in [-0.4, -0.2) is 37.1 Å². The molecule has 0 spiro atoms. The molecule has 1 saturated heterocycles. The van der Waals surface area contributed by atoms with Crippen LogP contribution in [0, 0.1) is 0 Å². The van der Waals surface area contributed by atoms with Crippen LogP contribution in [0.5, 0.6) is 11.5 Å². The molecule has 0 bridgehead atoms. The van der Waals surface area contributed by atoms with Gasteiger partial charge in [-0.15, -0.1) is 0 Å². The third-order valence-corrected chi connectivity index (χ3v) is 3.72. The van der Waals surface area contributed by atoms with E-state index < -0.39 is 11.6 Å². The average molecular weight is 276 g/mol. The maximum absolute atomic E-state index is 12.2. The molecule has 0 aliphatic carbocycles. The number of hydrogen-bond acceptors (Lipinski definition) is 4. The van der Waals surface area contributed by atoms with Crippen molar-refractivity contribution in [3.63, 3.8) is 0 Å². The normalized spacial score (nSPS) is 25.4. The van der Waals surface area contributed by atoms with Crippen molar-refractivity contribution in [3.8, 4) is 11.5 Å². The Kier molecular flexibility index (Phi) is 2.81. The molecule has 20 heavy (non-hydrogen) atoms. The molecular weight excluding hydrogens is 260 g/mol. The standard InChI is InChI=1S/C14H16N2O4/c1-14(12(17)16(2)13(18)15-14)9-4-5-10-11(8-9)20-7-3-6-19-10/h4-5,8H,3,6-7H2,1-2H3,(H,15,18)/t14-/m1/s1. The molecule has 106 valence electrons. The van der Waals surface area contributed by atoms with Gasteiger partial charge in [-0.05, 0) is 24.6 Å². The fourth-order valence-electron chi connectivity index (χ4n) is 2.45. The Hall–Kier alpha value is -2.24. The van der Waals surface area contributed by atoms with Crippen LogP contribution in [0.15, 0.2) is 18.2 Å². The van der Waals surface area contributed by atoms with Gasteiger partial charge in [0.05, 0.1) is 13.2 Å². The molecule has 3 amide bonds. The molecule has 1 N–H and O–H groups in total. The number of urea groups is 1. The van der Waals surface area contributed by atoms with Crippen molar-refractivity contribution in [1.29, 1.82) is 0 Å². The summed E-state index contributed by atoms with van der Waals surface area (Å²) < 4.78 is 11.2. The van der Waals surface area contributed by atoms with Crippen molar-refractivity contribution in [1.82, 2.24) is 10.2 Å². The number of rotatable bonds is 1. The predicted octanol–water partition coefficient (Wildman–Crippen LogP) is 1.24. The molecule has 3 rings (SSSR count). The number of imide groups is 1. The summed E-state index contributed by atoms with van der Waals surface area (Å²) in [7, 11) is 1.46. The first-order chi connectivity index (χ1) is 9.52. The zero-order valence-corrected chi connectivity index (χ0v) is 11.4. The van der Waals surface area contributed by atoms with Gasteiger partial charge in [0.1, 0.15) is 5.54 Å². The summed E-state index contributed by atoms with van der Waals surface area (Å²) in [6.45, 7) is 2.88. The first-order valence-corrected chi connectivity index (χ1v) is 6.53. The molecule has 1 fully saturated rings. The van der Waals surface area contributed by atoms with E-state index in [1.165, 1.54) is 7.05 Å². The lowest BCUT2D eigenvalue weighted by molar-refractivity contribution is -0.130. The number of hydrogen-bond donors (Lipinski definition) is 1. The average Bonchev–Trinajstić information content (AvgIpc) is 2.65. The predicted molar refractivity (Wildman–Crippen MR) is 70.7 cm³/mol. The van der Waals surface area contributed by atoms with E-state index in [1.54, 1.807) is 25.1 Å². The molecule has 0 saturated carbocycles. The van der Waals surface area contributed by atoms with Gasteiger partial charge < -0.3 is 14.8 Å². The van der Waals surface area contributed by atoms with E-state index >= 15 is 0 Å². The van der Waals surface area contributed by atoms with Gasteiger partial charge in [0, 0.05) is 13.5 Å². The minimum atomic E-state index is -1.06. The van der Waals surface area contributed by atoms with Gasteiger partial charge in [0.2, 0.25) is 0 Å². The van der Waals surface area contributed by atoms with Gasteiger partial charge in [0.15, 0.2) is 11.5 Å². The number of carbonyl (C=O) groups excluding carboxylic acids is 2. The van der Waals surface area contributed by atoms with Gasteiger partial charge in [-0.25, -0.2) is 4.79 Å². The second-order valence-corrected chi connectivity index (χ2v) is 5.13. The lowest BCUT2D eigenvalue weighted by Gasteiger charge is -2.22. The maximum Gasteiger partial charge on any atom is 0.325 e. The highest BCUT2D eigenvalue weighted by Gasteiger charge is 2.47. The Labute approximate surface area is 116 Å². The number of fused-ring (bicyclic) bond motifs is 1. The zero-order chi connectivity index (χ0) is 14.3. The molecule has 0 unspecified atom stereocenters. The second kappa shape index (κ2) is 4.40. The molecule has 1 aromatic carbocycles. The first-order valence-electron chi connectivity index (χ1n) is 6.53. The number of benzene rings is 1. The minimum absolute atomic E-state index is 0.281. The Balaban J connectivity index is 2.01. The smallest absolute Gasteiger partial charge is 0.325 e. The van der Waals surface area contributed by atoms with Crippen LogP contribution in [-0.2, 0) is 10.3 Å². The highest BCUT2D eigenvalue weighted by Crippen LogP contribution is 2.36. The van der Waals surface area contributed by atoms with E-state index in [1.807, 2.05) is 0 Å². The highest BCUT2D eigenvalue weighted by molar-refractivity contribution is 6.06. The lowest BCUT2D eigenvalue weighted by atomic mass is 9.92. The second-order valence-electron chi connectivity index (χ2n) is 5.13. The Morgan fingerprint density at radius 1 is 1.20 bits per heavy atom. The van der Waals surface area contributed by atoms with Crippen LogP contribution in [0.3, 0.4) is 0 Å². The fourth-order valence-corrected chi connectivity index (χ4v) is 2.45. The van der Waals surface area contributed by atoms with Crippen LogP contribution in [0.25, 0.3) is 0 Å². The SMILES string of the molecule is CN1C(=O)N[C@](C)(c2ccc3c(c2)OCCCO3)C1=O. The molecule has 1 atom stereocenters. The van der Waals surface area contributed by atoms with Crippen molar-refractivity contribution in [2.45, 2.75) is 18.9 Å². The van der Waals surface area contributed by atoms with Gasteiger partial charge >= 0.3 is 6.03 Å². The Morgan fingerprint density at radius 2 is 1.90 bits per heavy atom. The van der Waals surface area contributed by atoms with Crippen LogP contribution >= 0.6 is 0 Å². The maximum atomic E-state index is 12.2. The van der Waals surface area contributed by atoms with E-state index in [0.717, 1.165) is 11.3 Å². The fraction of sp³-hybridized carbons (Fsp3) is 0.429. The number of likely N-dealkylation sites (N-methyl/N-ethyl adjacent to an activating group) is 1. The van der Waals surface area contributed by atoms with E-state index in [0.29, 0.717) is 30.3 Å². The van der Waals surface area contributed by atoms with E-state index in [4.69, 9.17) is 9.47 Å². The van der Waals surface area contributed by atoms with Crippen LogP contribution < -0.4 is 14.8 Å². The molecule has 6 nitrogen and oxygen atoms in total. The van der Waals surface area contributed by atoms with Crippen molar-refractivity contribution in [2.75, 3.05) is 20.3 Å². The highest BCUT2D eigenvalue weighted by atomic mass is 16.5. The quantitative estimate of drug-likeness (QED) is 0.784. The third kappa shape index (κ3) is 1.79. The van der Waals surface area contributed by atoms with Gasteiger partial charge in [-0.3, -0.25) is 9.69 Å². The molecular formula is C14H16N2O4. The summed E-state index contributed by atoms with van der Waals surface area (Å²) in [6.07, 6.45) is 0.819. The van der Waals surface area contributed by atoms with Crippen LogP contribution in [0.1, 0.15) is 18.9 Å². The molecule has 6 heteroatoms. The number of ether oxygens (including phenoxy) is 2. The Morgan fingerprint density at radius 3 is 2.55 bits per heavy atom. The molecule has 1 aromatic rings. The van der Waals surface area contributed by atoms with Crippen molar-refractivity contribution >= 4 is 11.9 Å². The summed E-state index contributed by atoms with van der Waals surface area (Å²) >= 11 is 0. The van der Waals surface area contributed by atoms with Crippen molar-refractivity contribution in [3.05, 3.63) is 23.8 Å². The van der Waals surface area contributed by atoms with Gasteiger partial charge in [0.25, 0.3) is 5.91 Å². The zero-order valence-electron chi connectivity index (χ0n) is 11.4. The van der Waals surface area contributed by atoms with Gasteiger partial charge in [-0.1, -0.05) is 6.07 Å². The topological polar surface area (TPSA) is 67.9 Å². The van der Waals surface area contributed by atoms with Gasteiger partial charge in [-0.2, -0.15) is 0 Å². The molecule has 2 heterocycles. The molecule has 0 radical (unpaired) electrons. The van der Waals surface area contributed by atoms with Crippen LogP contribution in [0.2, 0.25) is 0 Å². The van der Waals surface area contributed by atoms with E-state index in [9.17, 15) is 9.59 Å². The Bertz CT molecular complexity index is 587. The monoisotopic (exact) mass is 276 g/mol. The molecule has 0 aromatic heterocycles. The summed E-state index contributed by atoms with van der Waals surface area (Å²) in [4.78, 5) is 25.0. The largest absolute Gasteiger partial charge is 0.490 e. The number of carbonyl (C=O) groups is 2. The molecule has 2 aliphatic heterocycles. The summed E-state index contributed by atoms with van der Waals surface area (Å²) in [6, 6.07) is 4.92. The minimum Gasteiger partial charge on any atom is -0.490 e. The number of nitrogens with one attached hydrogen (secondary N) is 1. The van der Waals surface area contributed by atoms with Crippen LogP contribution in [0.4, 0.5) is 4.79 Å². The van der Waals surface area contributed by atoms with E-state index in [-0.39, 0.29) is 5.91 Å². The first kappa shape index (κ1) is 12.8.